The van der Waals surface area contributed by atoms with E-state index in [1.165, 1.54) is 10.9 Å². The van der Waals surface area contributed by atoms with Crippen LogP contribution in [0.2, 0.25) is 0 Å². The average Bonchev–Trinajstić information content (AvgIpc) is 3.06. The summed E-state index contributed by atoms with van der Waals surface area (Å²) < 4.78 is 0.960. The summed E-state index contributed by atoms with van der Waals surface area (Å²) in [4.78, 5) is 27.3. The standard InChI is InChI=1S/C21H22BrN3O2/c1-14-11-16(22)9-10-18(14)25-21(27)13-24-20(26)8-4-5-15-12-23-19-7-3-2-6-17(15)19/h2-3,6-7,9-12,23H,4-5,8,13H2,1H3,(H,24,26)(H,25,27). The van der Waals surface area contributed by atoms with E-state index in [-0.39, 0.29) is 18.4 Å². The Morgan fingerprint density at radius 3 is 2.74 bits per heavy atom. The minimum absolute atomic E-state index is 0.0264. The van der Waals surface area contributed by atoms with Gasteiger partial charge in [0.1, 0.15) is 0 Å². The maximum absolute atomic E-state index is 12.0. The second-order valence-electron chi connectivity index (χ2n) is 6.50. The van der Waals surface area contributed by atoms with E-state index in [0.29, 0.717) is 6.42 Å². The number of fused-ring (bicyclic) bond motifs is 1. The van der Waals surface area contributed by atoms with Gasteiger partial charge in [-0.1, -0.05) is 34.1 Å². The summed E-state index contributed by atoms with van der Waals surface area (Å²) in [6.07, 6.45) is 3.95. The molecule has 0 fully saturated rings. The van der Waals surface area contributed by atoms with Crippen molar-refractivity contribution in [2.75, 3.05) is 11.9 Å². The molecule has 0 saturated carbocycles. The molecular formula is C21H22BrN3O2. The van der Waals surface area contributed by atoms with Gasteiger partial charge in [-0.15, -0.1) is 0 Å². The van der Waals surface area contributed by atoms with Crippen LogP contribution in [0.25, 0.3) is 10.9 Å². The van der Waals surface area contributed by atoms with Crippen molar-refractivity contribution in [3.05, 3.63) is 64.3 Å². The number of para-hydroxylation sites is 1. The molecule has 2 aromatic carbocycles. The largest absolute Gasteiger partial charge is 0.361 e. The number of aromatic nitrogens is 1. The highest BCUT2D eigenvalue weighted by Crippen LogP contribution is 2.20. The quantitative estimate of drug-likeness (QED) is 0.525. The number of carbonyl (C=O) groups is 2. The van der Waals surface area contributed by atoms with Crippen LogP contribution >= 0.6 is 15.9 Å². The summed E-state index contributed by atoms with van der Waals surface area (Å²) in [6, 6.07) is 13.8. The number of rotatable bonds is 7. The van der Waals surface area contributed by atoms with Crippen molar-refractivity contribution < 1.29 is 9.59 Å². The predicted octanol–water partition coefficient (Wildman–Crippen LogP) is 4.32. The number of carbonyl (C=O) groups excluding carboxylic acids is 2. The molecule has 140 valence electrons. The number of hydrogen-bond acceptors (Lipinski definition) is 2. The molecule has 5 nitrogen and oxygen atoms in total. The van der Waals surface area contributed by atoms with E-state index in [9.17, 15) is 9.59 Å². The van der Waals surface area contributed by atoms with Crippen LogP contribution in [0.5, 0.6) is 0 Å². The fourth-order valence-electron chi connectivity index (χ4n) is 3.01. The normalized spacial score (nSPS) is 10.7. The maximum atomic E-state index is 12.0. The van der Waals surface area contributed by atoms with Gasteiger partial charge in [0.25, 0.3) is 0 Å². The number of benzene rings is 2. The molecule has 0 radical (unpaired) electrons. The number of aromatic amines is 1. The van der Waals surface area contributed by atoms with Gasteiger partial charge in [0, 0.05) is 33.7 Å². The summed E-state index contributed by atoms with van der Waals surface area (Å²) in [5, 5.41) is 6.69. The van der Waals surface area contributed by atoms with Crippen LogP contribution in [0.1, 0.15) is 24.0 Å². The first-order chi connectivity index (χ1) is 13.0. The van der Waals surface area contributed by atoms with Crippen LogP contribution in [-0.2, 0) is 16.0 Å². The lowest BCUT2D eigenvalue weighted by molar-refractivity contribution is -0.124. The van der Waals surface area contributed by atoms with Gasteiger partial charge in [-0.05, 0) is 55.2 Å². The Morgan fingerprint density at radius 2 is 1.93 bits per heavy atom. The summed E-state index contributed by atoms with van der Waals surface area (Å²) in [7, 11) is 0. The molecule has 0 unspecified atom stereocenters. The minimum atomic E-state index is -0.231. The van der Waals surface area contributed by atoms with Gasteiger partial charge in [0.05, 0.1) is 6.54 Å². The van der Waals surface area contributed by atoms with Gasteiger partial charge < -0.3 is 15.6 Å². The number of nitrogens with one attached hydrogen (secondary N) is 3. The number of H-pyrrole nitrogens is 1. The molecule has 3 N–H and O–H groups in total. The van der Waals surface area contributed by atoms with Gasteiger partial charge in [-0.3, -0.25) is 9.59 Å². The lowest BCUT2D eigenvalue weighted by atomic mass is 10.1. The van der Waals surface area contributed by atoms with Crippen LogP contribution < -0.4 is 10.6 Å². The molecular weight excluding hydrogens is 406 g/mol. The van der Waals surface area contributed by atoms with E-state index in [1.54, 1.807) is 0 Å². The summed E-state index contributed by atoms with van der Waals surface area (Å²) in [5.74, 6) is -0.345. The molecule has 0 spiro atoms. The van der Waals surface area contributed by atoms with Crippen LogP contribution in [0.4, 0.5) is 5.69 Å². The van der Waals surface area contributed by atoms with E-state index in [4.69, 9.17) is 0 Å². The second kappa shape index (κ2) is 8.86. The zero-order valence-electron chi connectivity index (χ0n) is 15.1. The summed E-state index contributed by atoms with van der Waals surface area (Å²) >= 11 is 3.39. The average molecular weight is 428 g/mol. The molecule has 0 aliphatic rings. The molecule has 3 aromatic rings. The molecule has 2 amide bonds. The Labute approximate surface area is 166 Å². The number of halogens is 1. The number of anilines is 1. The third kappa shape index (κ3) is 5.20. The summed E-state index contributed by atoms with van der Waals surface area (Å²) in [6.45, 7) is 1.89. The van der Waals surface area contributed by atoms with Gasteiger partial charge in [0.2, 0.25) is 11.8 Å². The van der Waals surface area contributed by atoms with Crippen molar-refractivity contribution in [2.45, 2.75) is 26.2 Å². The fraction of sp³-hybridized carbons (Fsp3) is 0.238. The lowest BCUT2D eigenvalue weighted by Crippen LogP contribution is -2.32. The first-order valence-corrected chi connectivity index (χ1v) is 9.70. The zero-order chi connectivity index (χ0) is 19.2. The van der Waals surface area contributed by atoms with Crippen LogP contribution in [0.15, 0.2) is 53.1 Å². The maximum Gasteiger partial charge on any atom is 0.243 e. The Morgan fingerprint density at radius 1 is 1.11 bits per heavy atom. The molecule has 3 rings (SSSR count). The molecule has 0 bridgehead atoms. The number of hydrogen-bond donors (Lipinski definition) is 3. The highest BCUT2D eigenvalue weighted by atomic mass is 79.9. The Bertz CT molecular complexity index is 965. The minimum Gasteiger partial charge on any atom is -0.361 e. The zero-order valence-corrected chi connectivity index (χ0v) is 16.7. The van der Waals surface area contributed by atoms with Gasteiger partial charge in [-0.25, -0.2) is 0 Å². The van der Waals surface area contributed by atoms with Crippen LogP contribution in [0.3, 0.4) is 0 Å². The monoisotopic (exact) mass is 427 g/mol. The van der Waals surface area contributed by atoms with E-state index < -0.39 is 0 Å². The number of amides is 2. The molecule has 1 aromatic heterocycles. The molecule has 6 heteroatoms. The van der Waals surface area contributed by atoms with Gasteiger partial charge >= 0.3 is 0 Å². The van der Waals surface area contributed by atoms with Crippen LogP contribution in [0, 0.1) is 6.92 Å². The SMILES string of the molecule is Cc1cc(Br)ccc1NC(=O)CNC(=O)CCCc1c[nH]c2ccccc12. The van der Waals surface area contributed by atoms with E-state index in [2.05, 4.69) is 37.6 Å². The Kier molecular flexibility index (Phi) is 6.29. The highest BCUT2D eigenvalue weighted by molar-refractivity contribution is 9.10. The molecule has 27 heavy (non-hydrogen) atoms. The second-order valence-corrected chi connectivity index (χ2v) is 7.41. The van der Waals surface area contributed by atoms with Gasteiger partial charge in [0.15, 0.2) is 0 Å². The Hall–Kier alpha value is -2.60. The Balaban J connectivity index is 1.41. The first-order valence-electron chi connectivity index (χ1n) is 8.90. The predicted molar refractivity (Wildman–Crippen MR) is 112 cm³/mol. The van der Waals surface area contributed by atoms with Gasteiger partial charge in [-0.2, -0.15) is 0 Å². The van der Waals surface area contributed by atoms with Crippen molar-refractivity contribution in [3.8, 4) is 0 Å². The van der Waals surface area contributed by atoms with E-state index >= 15 is 0 Å². The van der Waals surface area contributed by atoms with Crippen molar-refractivity contribution in [2.24, 2.45) is 0 Å². The van der Waals surface area contributed by atoms with Crippen molar-refractivity contribution >= 4 is 44.3 Å². The molecule has 0 saturated heterocycles. The smallest absolute Gasteiger partial charge is 0.243 e. The molecule has 1 heterocycles. The highest BCUT2D eigenvalue weighted by Gasteiger charge is 2.09. The van der Waals surface area contributed by atoms with E-state index in [0.717, 1.165) is 34.1 Å². The fourth-order valence-corrected chi connectivity index (χ4v) is 3.48. The van der Waals surface area contributed by atoms with E-state index in [1.807, 2.05) is 49.5 Å². The lowest BCUT2D eigenvalue weighted by Gasteiger charge is -2.09. The van der Waals surface area contributed by atoms with Crippen molar-refractivity contribution in [1.82, 2.24) is 10.3 Å². The third-order valence-corrected chi connectivity index (χ3v) is 4.93. The summed E-state index contributed by atoms with van der Waals surface area (Å²) in [5.41, 5.74) is 4.03. The third-order valence-electron chi connectivity index (χ3n) is 4.43. The molecule has 0 aliphatic heterocycles. The first kappa shape index (κ1) is 19.2. The van der Waals surface area contributed by atoms with Crippen molar-refractivity contribution in [3.63, 3.8) is 0 Å². The number of aryl methyl sites for hydroxylation is 2. The molecule has 0 atom stereocenters. The molecule has 0 aliphatic carbocycles. The van der Waals surface area contributed by atoms with Crippen molar-refractivity contribution in [1.29, 1.82) is 0 Å². The topological polar surface area (TPSA) is 74.0 Å². The van der Waals surface area contributed by atoms with Crippen LogP contribution in [-0.4, -0.2) is 23.3 Å².